The van der Waals surface area contributed by atoms with Gasteiger partial charge in [-0.25, -0.2) is 4.39 Å². The summed E-state index contributed by atoms with van der Waals surface area (Å²) < 4.78 is 13.5. The van der Waals surface area contributed by atoms with E-state index < -0.39 is 23.7 Å². The molecule has 0 heterocycles. The molecule has 4 nitrogen and oxygen atoms in total. The zero-order valence-electron chi connectivity index (χ0n) is 9.79. The van der Waals surface area contributed by atoms with E-state index in [2.05, 4.69) is 5.32 Å². The Hall–Kier alpha value is -1.91. The maximum Gasteiger partial charge on any atom is 0.254 e. The van der Waals surface area contributed by atoms with Gasteiger partial charge in [-0.2, -0.15) is 0 Å². The van der Waals surface area contributed by atoms with E-state index in [9.17, 15) is 14.0 Å². The molecule has 1 atom stereocenters. The standard InChI is InChI=1S/C12H15FN2O2/c1-7-3-4-9(10(13)5-7)12(17)15-8(2)6-11(14)16/h3-5,8H,6H2,1-2H3,(H2,14,16)(H,15,17). The zero-order chi connectivity index (χ0) is 13.0. The molecule has 0 saturated heterocycles. The van der Waals surface area contributed by atoms with Gasteiger partial charge < -0.3 is 11.1 Å². The predicted octanol–water partition coefficient (Wildman–Crippen LogP) is 1.13. The topological polar surface area (TPSA) is 72.2 Å². The summed E-state index contributed by atoms with van der Waals surface area (Å²) in [6, 6.07) is 3.93. The second kappa shape index (κ2) is 5.43. The van der Waals surface area contributed by atoms with E-state index >= 15 is 0 Å². The molecule has 1 unspecified atom stereocenters. The van der Waals surface area contributed by atoms with Crippen molar-refractivity contribution in [2.75, 3.05) is 0 Å². The summed E-state index contributed by atoms with van der Waals surface area (Å²) in [6.07, 6.45) is 0.0270. The Morgan fingerprint density at radius 1 is 1.47 bits per heavy atom. The van der Waals surface area contributed by atoms with Crippen molar-refractivity contribution < 1.29 is 14.0 Å². The molecule has 0 aliphatic carbocycles. The molecule has 1 aromatic rings. The van der Waals surface area contributed by atoms with Crippen molar-refractivity contribution in [2.45, 2.75) is 26.3 Å². The molecule has 0 bridgehead atoms. The van der Waals surface area contributed by atoms with Gasteiger partial charge in [-0.3, -0.25) is 9.59 Å². The lowest BCUT2D eigenvalue weighted by atomic mass is 10.1. The van der Waals surface area contributed by atoms with Crippen LogP contribution in [0.25, 0.3) is 0 Å². The summed E-state index contributed by atoms with van der Waals surface area (Å²) in [5.41, 5.74) is 5.70. The first-order valence-corrected chi connectivity index (χ1v) is 5.25. The van der Waals surface area contributed by atoms with E-state index in [0.717, 1.165) is 5.56 Å². The molecule has 0 spiro atoms. The number of aryl methyl sites for hydroxylation is 1. The number of carbonyl (C=O) groups excluding carboxylic acids is 2. The molecule has 0 radical (unpaired) electrons. The van der Waals surface area contributed by atoms with Crippen LogP contribution in [0.1, 0.15) is 29.3 Å². The monoisotopic (exact) mass is 238 g/mol. The lowest BCUT2D eigenvalue weighted by molar-refractivity contribution is -0.118. The molecule has 92 valence electrons. The Morgan fingerprint density at radius 3 is 2.65 bits per heavy atom. The molecule has 0 aromatic heterocycles. The molecule has 0 aliphatic rings. The molecule has 2 amide bonds. The summed E-state index contributed by atoms with van der Waals surface area (Å²) in [5.74, 6) is -1.63. The van der Waals surface area contributed by atoms with Gasteiger partial charge in [0.1, 0.15) is 5.82 Å². The highest BCUT2D eigenvalue weighted by Gasteiger charge is 2.15. The zero-order valence-corrected chi connectivity index (χ0v) is 9.79. The van der Waals surface area contributed by atoms with Crippen LogP contribution >= 0.6 is 0 Å². The van der Waals surface area contributed by atoms with Gasteiger partial charge in [-0.05, 0) is 31.5 Å². The van der Waals surface area contributed by atoms with Crippen molar-refractivity contribution in [3.63, 3.8) is 0 Å². The Kier molecular flexibility index (Phi) is 4.20. The number of primary amides is 1. The Bertz CT molecular complexity index is 446. The molecule has 5 heteroatoms. The normalized spacial score (nSPS) is 11.9. The Balaban J connectivity index is 2.73. The van der Waals surface area contributed by atoms with Gasteiger partial charge in [0.15, 0.2) is 0 Å². The van der Waals surface area contributed by atoms with Crippen molar-refractivity contribution in [1.29, 1.82) is 0 Å². The van der Waals surface area contributed by atoms with Crippen LogP contribution in [0.2, 0.25) is 0 Å². The highest BCUT2D eigenvalue weighted by atomic mass is 19.1. The van der Waals surface area contributed by atoms with E-state index in [4.69, 9.17) is 5.73 Å². The van der Waals surface area contributed by atoms with E-state index in [1.54, 1.807) is 19.9 Å². The van der Waals surface area contributed by atoms with Crippen molar-refractivity contribution in [2.24, 2.45) is 5.73 Å². The van der Waals surface area contributed by atoms with Gasteiger partial charge in [-0.1, -0.05) is 6.07 Å². The number of hydrogen-bond acceptors (Lipinski definition) is 2. The number of benzene rings is 1. The summed E-state index contributed by atoms with van der Waals surface area (Å²) in [6.45, 7) is 3.37. The van der Waals surface area contributed by atoms with Gasteiger partial charge in [0.2, 0.25) is 5.91 Å². The van der Waals surface area contributed by atoms with Crippen LogP contribution in [-0.4, -0.2) is 17.9 Å². The van der Waals surface area contributed by atoms with Crippen LogP contribution in [-0.2, 0) is 4.79 Å². The van der Waals surface area contributed by atoms with Gasteiger partial charge in [-0.15, -0.1) is 0 Å². The number of nitrogens with two attached hydrogens (primary N) is 1. The van der Waals surface area contributed by atoms with Crippen molar-refractivity contribution >= 4 is 11.8 Å². The smallest absolute Gasteiger partial charge is 0.254 e. The number of nitrogens with one attached hydrogen (secondary N) is 1. The summed E-state index contributed by atoms with van der Waals surface area (Å²) >= 11 is 0. The first-order chi connectivity index (χ1) is 7.90. The van der Waals surface area contributed by atoms with Crippen LogP contribution < -0.4 is 11.1 Å². The van der Waals surface area contributed by atoms with Crippen LogP contribution in [0.5, 0.6) is 0 Å². The largest absolute Gasteiger partial charge is 0.370 e. The first-order valence-electron chi connectivity index (χ1n) is 5.25. The number of hydrogen-bond donors (Lipinski definition) is 2. The molecular weight excluding hydrogens is 223 g/mol. The van der Waals surface area contributed by atoms with Gasteiger partial charge in [0, 0.05) is 12.5 Å². The van der Waals surface area contributed by atoms with Crippen LogP contribution in [0.4, 0.5) is 4.39 Å². The average molecular weight is 238 g/mol. The van der Waals surface area contributed by atoms with E-state index in [-0.39, 0.29) is 12.0 Å². The van der Waals surface area contributed by atoms with E-state index in [1.165, 1.54) is 12.1 Å². The van der Waals surface area contributed by atoms with E-state index in [1.807, 2.05) is 0 Å². The number of amides is 2. The Labute approximate surface area is 99.0 Å². The molecule has 0 fully saturated rings. The number of carbonyl (C=O) groups is 2. The van der Waals surface area contributed by atoms with Crippen LogP contribution in [0, 0.1) is 12.7 Å². The second-order valence-electron chi connectivity index (χ2n) is 4.03. The molecule has 0 saturated carbocycles. The highest BCUT2D eigenvalue weighted by molar-refractivity contribution is 5.95. The fourth-order valence-corrected chi connectivity index (χ4v) is 1.46. The minimum absolute atomic E-state index is 0.0270. The molecule has 1 rings (SSSR count). The van der Waals surface area contributed by atoms with Gasteiger partial charge in [0.05, 0.1) is 5.56 Å². The minimum Gasteiger partial charge on any atom is -0.370 e. The fraction of sp³-hybridized carbons (Fsp3) is 0.333. The lowest BCUT2D eigenvalue weighted by Crippen LogP contribution is -2.36. The van der Waals surface area contributed by atoms with Gasteiger partial charge in [0.25, 0.3) is 5.91 Å². The predicted molar refractivity (Wildman–Crippen MR) is 61.9 cm³/mol. The summed E-state index contributed by atoms with van der Waals surface area (Å²) in [5, 5.41) is 2.51. The minimum atomic E-state index is -0.575. The molecule has 0 aliphatic heterocycles. The van der Waals surface area contributed by atoms with Crippen molar-refractivity contribution in [1.82, 2.24) is 5.32 Å². The van der Waals surface area contributed by atoms with Crippen LogP contribution in [0.15, 0.2) is 18.2 Å². The maximum atomic E-state index is 13.5. The maximum absolute atomic E-state index is 13.5. The fourth-order valence-electron chi connectivity index (χ4n) is 1.46. The summed E-state index contributed by atoms with van der Waals surface area (Å²) in [4.78, 5) is 22.3. The average Bonchev–Trinajstić information content (AvgIpc) is 2.15. The first kappa shape index (κ1) is 13.2. The van der Waals surface area contributed by atoms with Crippen molar-refractivity contribution in [3.05, 3.63) is 35.1 Å². The SMILES string of the molecule is Cc1ccc(C(=O)NC(C)CC(N)=O)c(F)c1. The molecule has 1 aromatic carbocycles. The third-order valence-electron chi connectivity index (χ3n) is 2.25. The van der Waals surface area contributed by atoms with E-state index in [0.29, 0.717) is 0 Å². The lowest BCUT2D eigenvalue weighted by Gasteiger charge is -2.12. The number of halogens is 1. The third-order valence-corrected chi connectivity index (χ3v) is 2.25. The highest BCUT2D eigenvalue weighted by Crippen LogP contribution is 2.10. The number of rotatable bonds is 4. The molecular formula is C12H15FN2O2. The summed E-state index contributed by atoms with van der Waals surface area (Å²) in [7, 11) is 0. The Morgan fingerprint density at radius 2 is 2.12 bits per heavy atom. The van der Waals surface area contributed by atoms with Gasteiger partial charge >= 0.3 is 0 Å². The quantitative estimate of drug-likeness (QED) is 0.825. The third kappa shape index (κ3) is 3.86. The van der Waals surface area contributed by atoms with Crippen LogP contribution in [0.3, 0.4) is 0 Å². The van der Waals surface area contributed by atoms with Crippen molar-refractivity contribution in [3.8, 4) is 0 Å². The molecule has 17 heavy (non-hydrogen) atoms. The molecule has 3 N–H and O–H groups in total. The second-order valence-corrected chi connectivity index (χ2v) is 4.03.